The van der Waals surface area contributed by atoms with E-state index in [1.54, 1.807) is 0 Å². The third-order valence-electron chi connectivity index (χ3n) is 1.23. The van der Waals surface area contributed by atoms with Gasteiger partial charge in [0.15, 0.2) is 5.96 Å². The first-order chi connectivity index (χ1) is 5.20. The first-order valence-electron chi connectivity index (χ1n) is 4.16. The number of rotatable bonds is 3. The van der Waals surface area contributed by atoms with Crippen LogP contribution in [0.25, 0.3) is 0 Å². The van der Waals surface area contributed by atoms with Crippen molar-refractivity contribution in [2.45, 2.75) is 20.8 Å². The summed E-state index contributed by atoms with van der Waals surface area (Å²) in [5.41, 5.74) is 0. The van der Waals surface area contributed by atoms with Gasteiger partial charge in [0.25, 0.3) is 0 Å². The summed E-state index contributed by atoms with van der Waals surface area (Å²) >= 11 is 0. The maximum atomic E-state index is 4.21. The molecule has 0 atom stereocenters. The first-order valence-corrected chi connectivity index (χ1v) is 4.16. The lowest BCUT2D eigenvalue weighted by molar-refractivity contribution is 0.618. The molecule has 0 saturated heterocycles. The van der Waals surface area contributed by atoms with Gasteiger partial charge >= 0.3 is 0 Å². The van der Waals surface area contributed by atoms with E-state index in [0.717, 1.165) is 19.0 Å². The summed E-state index contributed by atoms with van der Waals surface area (Å²) in [6.07, 6.45) is 0. The van der Waals surface area contributed by atoms with E-state index in [9.17, 15) is 0 Å². The summed E-state index contributed by atoms with van der Waals surface area (Å²) in [6.45, 7) is 8.16. The Kier molecular flexibility index (Phi) is 5.61. The average molecular weight is 157 g/mol. The molecule has 66 valence electrons. The van der Waals surface area contributed by atoms with Crippen LogP contribution in [0.5, 0.6) is 0 Å². The Hall–Kier alpha value is -0.730. The van der Waals surface area contributed by atoms with Gasteiger partial charge in [0, 0.05) is 20.1 Å². The van der Waals surface area contributed by atoms with Crippen LogP contribution in [0.4, 0.5) is 0 Å². The quantitative estimate of drug-likeness (QED) is 0.470. The highest BCUT2D eigenvalue weighted by atomic mass is 15.2. The molecule has 0 aliphatic heterocycles. The van der Waals surface area contributed by atoms with Gasteiger partial charge in [0.05, 0.1) is 0 Å². The van der Waals surface area contributed by atoms with E-state index in [1.807, 2.05) is 14.0 Å². The molecule has 0 heterocycles. The van der Waals surface area contributed by atoms with Gasteiger partial charge in [-0.15, -0.1) is 0 Å². The summed E-state index contributed by atoms with van der Waals surface area (Å²) in [5, 5.41) is 6.21. The Morgan fingerprint density at radius 3 is 2.45 bits per heavy atom. The monoisotopic (exact) mass is 157 g/mol. The maximum absolute atomic E-state index is 4.21. The number of guanidine groups is 1. The van der Waals surface area contributed by atoms with E-state index >= 15 is 0 Å². The van der Waals surface area contributed by atoms with Crippen molar-refractivity contribution in [1.29, 1.82) is 0 Å². The van der Waals surface area contributed by atoms with E-state index in [4.69, 9.17) is 0 Å². The van der Waals surface area contributed by atoms with Crippen LogP contribution in [0.1, 0.15) is 20.8 Å². The second kappa shape index (κ2) is 6.01. The highest BCUT2D eigenvalue weighted by Gasteiger charge is 1.95. The van der Waals surface area contributed by atoms with Crippen LogP contribution in [-0.2, 0) is 0 Å². The molecule has 0 spiro atoms. The second-order valence-electron chi connectivity index (χ2n) is 2.85. The number of hydrogen-bond donors (Lipinski definition) is 2. The minimum Gasteiger partial charge on any atom is -0.359 e. The van der Waals surface area contributed by atoms with E-state index in [1.165, 1.54) is 0 Å². The normalized spacial score (nSPS) is 11.9. The third-order valence-corrected chi connectivity index (χ3v) is 1.23. The van der Waals surface area contributed by atoms with Crippen LogP contribution in [0, 0.1) is 5.92 Å². The van der Waals surface area contributed by atoms with Crippen molar-refractivity contribution in [3.05, 3.63) is 0 Å². The van der Waals surface area contributed by atoms with Crippen molar-refractivity contribution in [3.8, 4) is 0 Å². The molecule has 0 unspecified atom stereocenters. The van der Waals surface area contributed by atoms with Gasteiger partial charge in [-0.05, 0) is 12.8 Å². The molecule has 2 N–H and O–H groups in total. The third kappa shape index (κ3) is 5.70. The highest BCUT2D eigenvalue weighted by molar-refractivity contribution is 5.79. The minimum absolute atomic E-state index is 0.658. The molecule has 3 heteroatoms. The number of nitrogens with one attached hydrogen (secondary N) is 2. The summed E-state index contributed by atoms with van der Waals surface area (Å²) in [5.74, 6) is 1.55. The summed E-state index contributed by atoms with van der Waals surface area (Å²) in [6, 6.07) is 0. The smallest absolute Gasteiger partial charge is 0.190 e. The average Bonchev–Trinajstić information content (AvgIpc) is 1.97. The van der Waals surface area contributed by atoms with Crippen molar-refractivity contribution < 1.29 is 0 Å². The van der Waals surface area contributed by atoms with E-state index in [-0.39, 0.29) is 0 Å². The topological polar surface area (TPSA) is 36.4 Å². The van der Waals surface area contributed by atoms with Crippen molar-refractivity contribution in [2.24, 2.45) is 10.9 Å². The summed E-state index contributed by atoms with van der Waals surface area (Å²) < 4.78 is 0. The highest BCUT2D eigenvalue weighted by Crippen LogP contribution is 1.86. The van der Waals surface area contributed by atoms with Crippen molar-refractivity contribution >= 4 is 5.96 Å². The molecule has 0 aliphatic carbocycles. The molecule has 0 amide bonds. The predicted molar refractivity (Wildman–Crippen MR) is 49.9 cm³/mol. The lowest BCUT2D eigenvalue weighted by atomic mass is 10.2. The number of hydrogen-bond acceptors (Lipinski definition) is 1. The molecule has 3 nitrogen and oxygen atoms in total. The molecule has 0 radical (unpaired) electrons. The Labute approximate surface area is 69.3 Å². The van der Waals surface area contributed by atoms with Crippen LogP contribution in [0.3, 0.4) is 0 Å². The Balaban J connectivity index is 3.61. The molecule has 0 rings (SSSR count). The molecule has 0 aromatic heterocycles. The van der Waals surface area contributed by atoms with Crippen molar-refractivity contribution in [1.82, 2.24) is 10.6 Å². The fourth-order valence-electron chi connectivity index (χ4n) is 0.682. The zero-order valence-electron chi connectivity index (χ0n) is 7.94. The van der Waals surface area contributed by atoms with Gasteiger partial charge < -0.3 is 10.6 Å². The zero-order chi connectivity index (χ0) is 8.69. The molecule has 0 saturated carbocycles. The molecular formula is C8H19N3. The van der Waals surface area contributed by atoms with E-state index < -0.39 is 0 Å². The Morgan fingerprint density at radius 1 is 1.45 bits per heavy atom. The van der Waals surface area contributed by atoms with Gasteiger partial charge in [-0.1, -0.05) is 13.8 Å². The van der Waals surface area contributed by atoms with Crippen molar-refractivity contribution in [2.75, 3.05) is 20.1 Å². The van der Waals surface area contributed by atoms with Crippen LogP contribution in [-0.4, -0.2) is 26.1 Å². The molecular weight excluding hydrogens is 138 g/mol. The number of aliphatic imine (C=N–C) groups is 1. The lowest BCUT2D eigenvalue weighted by Gasteiger charge is -2.10. The van der Waals surface area contributed by atoms with Gasteiger partial charge in [0.1, 0.15) is 0 Å². The standard InChI is InChI=1S/C8H19N3/c1-5-10-8(9-4)11-6-7(2)3/h7H,5-6H2,1-4H3,(H2,9,10,11). The summed E-state index contributed by atoms with van der Waals surface area (Å²) in [7, 11) is 1.88. The second-order valence-corrected chi connectivity index (χ2v) is 2.85. The van der Waals surface area contributed by atoms with Gasteiger partial charge in [0.2, 0.25) is 0 Å². The fraction of sp³-hybridized carbons (Fsp3) is 0.875. The van der Waals surface area contributed by atoms with Gasteiger partial charge in [-0.25, -0.2) is 0 Å². The number of nitrogens with zero attached hydrogens (tertiary/aromatic N) is 1. The van der Waals surface area contributed by atoms with Crippen LogP contribution in [0.2, 0.25) is 0 Å². The fourth-order valence-corrected chi connectivity index (χ4v) is 0.682. The zero-order valence-corrected chi connectivity index (χ0v) is 7.94. The van der Waals surface area contributed by atoms with Crippen LogP contribution < -0.4 is 10.6 Å². The van der Waals surface area contributed by atoms with Gasteiger partial charge in [-0.3, -0.25) is 4.99 Å². The SMILES string of the molecule is CC/N=C(/NC)NCC(C)C. The van der Waals surface area contributed by atoms with Gasteiger partial charge in [-0.2, -0.15) is 0 Å². The largest absolute Gasteiger partial charge is 0.359 e. The maximum Gasteiger partial charge on any atom is 0.190 e. The van der Waals surface area contributed by atoms with E-state index in [2.05, 4.69) is 29.5 Å². The van der Waals surface area contributed by atoms with Crippen LogP contribution in [0.15, 0.2) is 4.99 Å². The molecule has 0 aromatic rings. The molecule has 0 aliphatic rings. The minimum atomic E-state index is 0.658. The molecule has 0 fully saturated rings. The van der Waals surface area contributed by atoms with E-state index in [0.29, 0.717) is 5.92 Å². The Bertz CT molecular complexity index is 119. The molecule has 0 bridgehead atoms. The molecule has 0 aromatic carbocycles. The Morgan fingerprint density at radius 2 is 2.09 bits per heavy atom. The van der Waals surface area contributed by atoms with Crippen LogP contribution >= 0.6 is 0 Å². The summed E-state index contributed by atoms with van der Waals surface area (Å²) in [4.78, 5) is 4.21. The lowest BCUT2D eigenvalue weighted by Crippen LogP contribution is -2.37. The van der Waals surface area contributed by atoms with Crippen molar-refractivity contribution in [3.63, 3.8) is 0 Å². The molecule has 11 heavy (non-hydrogen) atoms. The first kappa shape index (κ1) is 10.3. The predicted octanol–water partition coefficient (Wildman–Crippen LogP) is 0.827.